The van der Waals surface area contributed by atoms with Gasteiger partial charge < -0.3 is 14.8 Å². The van der Waals surface area contributed by atoms with Crippen LogP contribution in [-0.4, -0.2) is 33.5 Å². The molecule has 32 heavy (non-hydrogen) atoms. The van der Waals surface area contributed by atoms with Crippen LogP contribution in [0.3, 0.4) is 0 Å². The van der Waals surface area contributed by atoms with E-state index in [0.29, 0.717) is 22.1 Å². The summed E-state index contributed by atoms with van der Waals surface area (Å²) >= 11 is 1.17. The highest BCUT2D eigenvalue weighted by Gasteiger charge is 2.17. The first-order chi connectivity index (χ1) is 15.4. The van der Waals surface area contributed by atoms with E-state index in [9.17, 15) is 13.2 Å². The number of ether oxygens (including phenoxy) is 2. The minimum absolute atomic E-state index is 0.0401. The topological polar surface area (TPSA) is 130 Å². The normalized spacial score (nSPS) is 10.9. The molecule has 9 nitrogen and oxygen atoms in total. The SMILES string of the molecule is COc1cccc(CNC(=O)c2csc(CNS(=O)(=O)c3ccc(C#N)cc3)n2)c1OC. The molecule has 1 aromatic heterocycles. The van der Waals surface area contributed by atoms with Crippen LogP contribution in [0.4, 0.5) is 0 Å². The molecule has 0 saturated carbocycles. The summed E-state index contributed by atoms with van der Waals surface area (Å²) in [5.41, 5.74) is 1.29. The van der Waals surface area contributed by atoms with Gasteiger partial charge in [-0.05, 0) is 30.3 Å². The second-order valence-electron chi connectivity index (χ2n) is 6.42. The zero-order valence-electron chi connectivity index (χ0n) is 17.3. The Labute approximate surface area is 189 Å². The third kappa shape index (κ3) is 5.42. The van der Waals surface area contributed by atoms with Gasteiger partial charge in [-0.3, -0.25) is 4.79 Å². The lowest BCUT2D eigenvalue weighted by Gasteiger charge is -2.12. The van der Waals surface area contributed by atoms with E-state index < -0.39 is 15.9 Å². The third-order valence-electron chi connectivity index (χ3n) is 4.42. The molecular weight excluding hydrogens is 452 g/mol. The average Bonchev–Trinajstić information content (AvgIpc) is 3.30. The monoisotopic (exact) mass is 472 g/mol. The Morgan fingerprint density at radius 1 is 1.12 bits per heavy atom. The minimum atomic E-state index is -3.77. The number of hydrogen-bond acceptors (Lipinski definition) is 8. The standard InChI is InChI=1S/C21H20N4O5S2/c1-29-18-5-3-4-15(20(18)30-2)11-23-21(26)17-13-31-19(25-17)12-24-32(27,28)16-8-6-14(10-22)7-9-16/h3-9,13,24H,11-12H2,1-2H3,(H,23,26). The summed E-state index contributed by atoms with van der Waals surface area (Å²) < 4.78 is 37.8. The highest BCUT2D eigenvalue weighted by molar-refractivity contribution is 7.89. The number of nitrogens with one attached hydrogen (secondary N) is 2. The van der Waals surface area contributed by atoms with Crippen molar-refractivity contribution in [3.8, 4) is 17.6 Å². The number of nitrogens with zero attached hydrogens (tertiary/aromatic N) is 2. The van der Waals surface area contributed by atoms with E-state index in [1.54, 1.807) is 17.5 Å². The van der Waals surface area contributed by atoms with E-state index in [-0.39, 0.29) is 23.7 Å². The maximum atomic E-state index is 12.5. The lowest BCUT2D eigenvalue weighted by atomic mass is 10.2. The van der Waals surface area contributed by atoms with Gasteiger partial charge in [-0.15, -0.1) is 11.3 Å². The van der Waals surface area contributed by atoms with E-state index in [1.165, 1.54) is 49.8 Å². The smallest absolute Gasteiger partial charge is 0.271 e. The zero-order chi connectivity index (χ0) is 23.1. The fourth-order valence-corrected chi connectivity index (χ4v) is 4.60. The number of rotatable bonds is 9. The zero-order valence-corrected chi connectivity index (χ0v) is 18.9. The van der Waals surface area contributed by atoms with Crippen molar-refractivity contribution in [2.45, 2.75) is 18.0 Å². The van der Waals surface area contributed by atoms with Crippen LogP contribution in [0.25, 0.3) is 0 Å². The minimum Gasteiger partial charge on any atom is -0.493 e. The van der Waals surface area contributed by atoms with Gasteiger partial charge in [-0.1, -0.05) is 12.1 Å². The molecule has 0 aliphatic heterocycles. The molecule has 0 unspecified atom stereocenters. The first-order valence-electron chi connectivity index (χ1n) is 9.30. The number of thiazole rings is 1. The molecule has 2 N–H and O–H groups in total. The predicted octanol–water partition coefficient (Wildman–Crippen LogP) is 2.44. The first-order valence-corrected chi connectivity index (χ1v) is 11.7. The molecular formula is C21H20N4O5S2. The number of benzene rings is 2. The first kappa shape index (κ1) is 23.2. The number of sulfonamides is 1. The molecule has 0 saturated heterocycles. The maximum Gasteiger partial charge on any atom is 0.271 e. The second-order valence-corrected chi connectivity index (χ2v) is 9.13. The van der Waals surface area contributed by atoms with Crippen molar-refractivity contribution in [3.05, 3.63) is 69.7 Å². The second kappa shape index (κ2) is 10.2. The van der Waals surface area contributed by atoms with Gasteiger partial charge in [0.25, 0.3) is 5.91 Å². The Hall–Kier alpha value is -3.46. The summed E-state index contributed by atoms with van der Waals surface area (Å²) in [6.07, 6.45) is 0. The number of amides is 1. The van der Waals surface area contributed by atoms with Crippen LogP contribution in [0.1, 0.15) is 26.6 Å². The van der Waals surface area contributed by atoms with Crippen molar-refractivity contribution < 1.29 is 22.7 Å². The molecule has 0 bridgehead atoms. The van der Waals surface area contributed by atoms with Crippen molar-refractivity contribution in [2.75, 3.05) is 14.2 Å². The molecule has 1 amide bonds. The summed E-state index contributed by atoms with van der Waals surface area (Å²) in [4.78, 5) is 16.7. The summed E-state index contributed by atoms with van der Waals surface area (Å²) in [6, 6.07) is 12.9. The summed E-state index contributed by atoms with van der Waals surface area (Å²) in [5, 5.41) is 13.6. The van der Waals surface area contributed by atoms with Gasteiger partial charge in [0.2, 0.25) is 10.0 Å². The predicted molar refractivity (Wildman–Crippen MR) is 118 cm³/mol. The molecule has 166 valence electrons. The molecule has 0 atom stereocenters. The highest BCUT2D eigenvalue weighted by Crippen LogP contribution is 2.30. The van der Waals surface area contributed by atoms with Crippen molar-refractivity contribution in [3.63, 3.8) is 0 Å². The molecule has 0 aliphatic carbocycles. The van der Waals surface area contributed by atoms with Crippen molar-refractivity contribution in [1.29, 1.82) is 5.26 Å². The molecule has 0 aliphatic rings. The fourth-order valence-electron chi connectivity index (χ4n) is 2.80. The van der Waals surface area contributed by atoms with E-state index in [4.69, 9.17) is 14.7 Å². The highest BCUT2D eigenvalue weighted by atomic mass is 32.2. The molecule has 11 heteroatoms. The van der Waals surface area contributed by atoms with Gasteiger partial charge in [0, 0.05) is 17.5 Å². The van der Waals surface area contributed by atoms with Gasteiger partial charge in [0.15, 0.2) is 11.5 Å². The van der Waals surface area contributed by atoms with Gasteiger partial charge in [0.1, 0.15) is 10.7 Å². The summed E-state index contributed by atoms with van der Waals surface area (Å²) in [6.45, 7) is 0.140. The summed E-state index contributed by atoms with van der Waals surface area (Å²) in [7, 11) is -0.717. The van der Waals surface area contributed by atoms with Gasteiger partial charge >= 0.3 is 0 Å². The Bertz CT molecular complexity index is 1250. The molecule has 3 aromatic rings. The van der Waals surface area contributed by atoms with Crippen LogP contribution < -0.4 is 19.5 Å². The van der Waals surface area contributed by atoms with Crippen LogP contribution in [0.15, 0.2) is 52.7 Å². The number of hydrogen-bond donors (Lipinski definition) is 2. The van der Waals surface area contributed by atoms with E-state index in [0.717, 1.165) is 5.56 Å². The largest absolute Gasteiger partial charge is 0.493 e. The van der Waals surface area contributed by atoms with Crippen LogP contribution in [0.2, 0.25) is 0 Å². The van der Waals surface area contributed by atoms with E-state index in [2.05, 4.69) is 15.0 Å². The van der Waals surface area contributed by atoms with Crippen LogP contribution >= 0.6 is 11.3 Å². The molecule has 0 radical (unpaired) electrons. The van der Waals surface area contributed by atoms with Gasteiger partial charge in [-0.25, -0.2) is 18.1 Å². The Balaban J connectivity index is 1.60. The third-order valence-corrected chi connectivity index (χ3v) is 6.68. The van der Waals surface area contributed by atoms with E-state index >= 15 is 0 Å². The van der Waals surface area contributed by atoms with Gasteiger partial charge in [0.05, 0.1) is 37.3 Å². The number of methoxy groups -OCH3 is 2. The lowest BCUT2D eigenvalue weighted by Crippen LogP contribution is -2.24. The summed E-state index contributed by atoms with van der Waals surface area (Å²) in [5.74, 6) is 0.698. The van der Waals surface area contributed by atoms with Crippen LogP contribution in [0.5, 0.6) is 11.5 Å². The van der Waals surface area contributed by atoms with E-state index in [1.807, 2.05) is 12.1 Å². The number of para-hydroxylation sites is 1. The van der Waals surface area contributed by atoms with Crippen molar-refractivity contribution in [2.24, 2.45) is 0 Å². The van der Waals surface area contributed by atoms with Crippen molar-refractivity contribution in [1.82, 2.24) is 15.0 Å². The number of nitriles is 1. The Morgan fingerprint density at radius 3 is 2.53 bits per heavy atom. The van der Waals surface area contributed by atoms with Gasteiger partial charge in [-0.2, -0.15) is 5.26 Å². The Morgan fingerprint density at radius 2 is 1.88 bits per heavy atom. The average molecular weight is 473 g/mol. The molecule has 2 aromatic carbocycles. The molecule has 0 fully saturated rings. The molecule has 1 heterocycles. The fraction of sp³-hybridized carbons (Fsp3) is 0.190. The maximum absolute atomic E-state index is 12.5. The van der Waals surface area contributed by atoms with Crippen LogP contribution in [-0.2, 0) is 23.1 Å². The van der Waals surface area contributed by atoms with Crippen LogP contribution in [0, 0.1) is 11.3 Å². The lowest BCUT2D eigenvalue weighted by molar-refractivity contribution is 0.0946. The number of aromatic nitrogens is 1. The number of carbonyl (C=O) groups is 1. The molecule has 3 rings (SSSR count). The Kier molecular flexibility index (Phi) is 7.42. The molecule has 0 spiro atoms. The van der Waals surface area contributed by atoms with Crippen molar-refractivity contribution >= 4 is 27.3 Å². The quantitative estimate of drug-likeness (QED) is 0.489. The number of carbonyl (C=O) groups excluding carboxylic acids is 1.